The third-order valence-corrected chi connectivity index (χ3v) is 3.85. The Morgan fingerprint density at radius 2 is 2.35 bits per heavy atom. The van der Waals surface area contributed by atoms with Crippen LogP contribution in [-0.2, 0) is 6.54 Å². The summed E-state index contributed by atoms with van der Waals surface area (Å²) in [6, 6.07) is 4.94. The van der Waals surface area contributed by atoms with Gasteiger partial charge in [0, 0.05) is 13.1 Å². The van der Waals surface area contributed by atoms with Crippen molar-refractivity contribution < 1.29 is 15.0 Å². The zero-order valence-electron chi connectivity index (χ0n) is 11.8. The average Bonchev–Trinajstić information content (AvgIpc) is 2.38. The van der Waals surface area contributed by atoms with Gasteiger partial charge >= 0.3 is 5.97 Å². The van der Waals surface area contributed by atoms with Crippen LogP contribution < -0.4 is 5.32 Å². The summed E-state index contributed by atoms with van der Waals surface area (Å²) in [5, 5.41) is 22.6. The quantitative estimate of drug-likeness (QED) is 0.765. The molecule has 1 aliphatic carbocycles. The summed E-state index contributed by atoms with van der Waals surface area (Å²) < 4.78 is 0. The highest BCUT2D eigenvalue weighted by molar-refractivity contribution is 5.85. The molecule has 0 aromatic carbocycles. The Kier molecular flexibility index (Phi) is 4.73. The summed E-state index contributed by atoms with van der Waals surface area (Å²) in [5.74, 6) is -0.462. The lowest BCUT2D eigenvalue weighted by Gasteiger charge is -2.35. The molecule has 1 heterocycles. The summed E-state index contributed by atoms with van der Waals surface area (Å²) in [4.78, 5) is 14.9. The molecule has 1 fully saturated rings. The molecule has 2 unspecified atom stereocenters. The van der Waals surface area contributed by atoms with Crippen LogP contribution in [0, 0.1) is 5.92 Å². The molecular weight excluding hydrogens is 256 g/mol. The van der Waals surface area contributed by atoms with Crippen LogP contribution in [0.5, 0.6) is 0 Å². The van der Waals surface area contributed by atoms with Crippen molar-refractivity contribution in [2.45, 2.75) is 44.8 Å². The van der Waals surface area contributed by atoms with Gasteiger partial charge in [0.25, 0.3) is 0 Å². The lowest BCUT2D eigenvalue weighted by atomic mass is 9.79. The third kappa shape index (κ3) is 4.02. The summed E-state index contributed by atoms with van der Waals surface area (Å²) in [5.41, 5.74) is 0.0916. The molecule has 0 bridgehead atoms. The second-order valence-corrected chi connectivity index (χ2v) is 5.85. The first-order chi connectivity index (χ1) is 9.48. The van der Waals surface area contributed by atoms with Crippen molar-refractivity contribution in [3.63, 3.8) is 0 Å². The Balaban J connectivity index is 1.86. The molecule has 0 amide bonds. The fraction of sp³-hybridized carbons (Fsp3) is 0.600. The molecule has 3 N–H and O–H groups in total. The van der Waals surface area contributed by atoms with E-state index in [1.54, 1.807) is 12.1 Å². The number of aromatic carboxylic acids is 1. The molecule has 1 aromatic heterocycles. The number of rotatable bonds is 5. The van der Waals surface area contributed by atoms with Crippen molar-refractivity contribution >= 4 is 5.97 Å². The standard InChI is InChI=1S/C15H22N2O3/c1-11-4-3-7-15(20,8-11)10-16-9-12-5-2-6-13(17-12)14(18)19/h2,5-6,11,16,20H,3-4,7-10H2,1H3,(H,18,19). The van der Waals surface area contributed by atoms with Crippen molar-refractivity contribution in [1.82, 2.24) is 10.3 Å². The van der Waals surface area contributed by atoms with E-state index in [0.29, 0.717) is 24.7 Å². The van der Waals surface area contributed by atoms with Crippen molar-refractivity contribution in [2.24, 2.45) is 5.92 Å². The summed E-state index contributed by atoms with van der Waals surface area (Å²) >= 11 is 0. The van der Waals surface area contributed by atoms with Crippen LogP contribution >= 0.6 is 0 Å². The lowest BCUT2D eigenvalue weighted by Crippen LogP contribution is -2.43. The molecule has 0 spiro atoms. The molecule has 0 aliphatic heterocycles. The SMILES string of the molecule is CC1CCCC(O)(CNCc2cccc(C(=O)O)n2)C1. The van der Waals surface area contributed by atoms with Gasteiger partial charge in [-0.15, -0.1) is 0 Å². The number of carbonyl (C=O) groups is 1. The zero-order chi connectivity index (χ0) is 14.6. The van der Waals surface area contributed by atoms with Gasteiger partial charge in [-0.25, -0.2) is 9.78 Å². The van der Waals surface area contributed by atoms with Gasteiger partial charge in [-0.2, -0.15) is 0 Å². The molecule has 1 aliphatic rings. The summed E-state index contributed by atoms with van der Waals surface area (Å²) in [7, 11) is 0. The van der Waals surface area contributed by atoms with Crippen LogP contribution in [0.15, 0.2) is 18.2 Å². The van der Waals surface area contributed by atoms with E-state index in [2.05, 4.69) is 17.2 Å². The number of pyridine rings is 1. The Labute approximate surface area is 119 Å². The van der Waals surface area contributed by atoms with Crippen molar-refractivity contribution in [3.05, 3.63) is 29.6 Å². The minimum absolute atomic E-state index is 0.0503. The van der Waals surface area contributed by atoms with Crippen LogP contribution in [0.3, 0.4) is 0 Å². The van der Waals surface area contributed by atoms with E-state index in [0.717, 1.165) is 19.3 Å². The summed E-state index contributed by atoms with van der Waals surface area (Å²) in [6.45, 7) is 3.16. The number of aromatic nitrogens is 1. The molecule has 20 heavy (non-hydrogen) atoms. The van der Waals surface area contributed by atoms with E-state index in [4.69, 9.17) is 5.11 Å². The van der Waals surface area contributed by atoms with Crippen LogP contribution in [0.2, 0.25) is 0 Å². The fourth-order valence-corrected chi connectivity index (χ4v) is 2.91. The number of carboxylic acids is 1. The summed E-state index contributed by atoms with van der Waals surface area (Å²) in [6.07, 6.45) is 3.89. The van der Waals surface area contributed by atoms with Crippen molar-refractivity contribution in [3.8, 4) is 0 Å². The van der Waals surface area contributed by atoms with Crippen molar-refractivity contribution in [2.75, 3.05) is 6.54 Å². The number of nitrogens with zero attached hydrogens (tertiary/aromatic N) is 1. The molecule has 1 aromatic rings. The zero-order valence-corrected chi connectivity index (χ0v) is 11.8. The molecule has 2 rings (SSSR count). The highest BCUT2D eigenvalue weighted by Gasteiger charge is 2.31. The molecule has 0 saturated heterocycles. The maximum atomic E-state index is 10.8. The Bertz CT molecular complexity index is 478. The van der Waals surface area contributed by atoms with Crippen molar-refractivity contribution in [1.29, 1.82) is 0 Å². The molecular formula is C15H22N2O3. The fourth-order valence-electron chi connectivity index (χ4n) is 2.91. The van der Waals surface area contributed by atoms with Gasteiger partial charge in [0.1, 0.15) is 5.69 Å². The first kappa shape index (κ1) is 14.9. The van der Waals surface area contributed by atoms with Gasteiger partial charge in [0.2, 0.25) is 0 Å². The molecule has 5 heteroatoms. The van der Waals surface area contributed by atoms with E-state index in [1.807, 2.05) is 0 Å². The van der Waals surface area contributed by atoms with E-state index in [-0.39, 0.29) is 5.69 Å². The second-order valence-electron chi connectivity index (χ2n) is 5.85. The maximum Gasteiger partial charge on any atom is 0.354 e. The smallest absolute Gasteiger partial charge is 0.354 e. The van der Waals surface area contributed by atoms with Gasteiger partial charge in [-0.3, -0.25) is 0 Å². The monoisotopic (exact) mass is 278 g/mol. The number of hydrogen-bond acceptors (Lipinski definition) is 4. The highest BCUT2D eigenvalue weighted by Crippen LogP contribution is 2.31. The molecule has 0 radical (unpaired) electrons. The minimum Gasteiger partial charge on any atom is -0.477 e. The second kappa shape index (κ2) is 6.33. The Morgan fingerprint density at radius 3 is 3.05 bits per heavy atom. The Morgan fingerprint density at radius 1 is 1.55 bits per heavy atom. The minimum atomic E-state index is -1.02. The largest absolute Gasteiger partial charge is 0.477 e. The van der Waals surface area contributed by atoms with Gasteiger partial charge in [-0.05, 0) is 30.9 Å². The first-order valence-electron chi connectivity index (χ1n) is 7.11. The number of aliphatic hydroxyl groups is 1. The molecule has 5 nitrogen and oxygen atoms in total. The predicted octanol–water partition coefficient (Wildman–Crippen LogP) is 1.81. The van der Waals surface area contributed by atoms with Gasteiger partial charge in [0.15, 0.2) is 0 Å². The van der Waals surface area contributed by atoms with Gasteiger partial charge in [0.05, 0.1) is 11.3 Å². The number of hydrogen-bond donors (Lipinski definition) is 3. The lowest BCUT2D eigenvalue weighted by molar-refractivity contribution is -0.0119. The molecule has 1 saturated carbocycles. The van der Waals surface area contributed by atoms with Crippen LogP contribution in [0.4, 0.5) is 0 Å². The first-order valence-corrected chi connectivity index (χ1v) is 7.11. The molecule has 110 valence electrons. The van der Waals surface area contributed by atoms with Gasteiger partial charge in [-0.1, -0.05) is 25.8 Å². The van der Waals surface area contributed by atoms with Crippen LogP contribution in [0.1, 0.15) is 48.8 Å². The van der Waals surface area contributed by atoms with Crippen LogP contribution in [0.25, 0.3) is 0 Å². The predicted molar refractivity (Wildman–Crippen MR) is 75.5 cm³/mol. The number of nitrogens with one attached hydrogen (secondary N) is 1. The highest BCUT2D eigenvalue weighted by atomic mass is 16.4. The number of carboxylic acid groups (broad SMARTS) is 1. The van der Waals surface area contributed by atoms with E-state index in [9.17, 15) is 9.90 Å². The topological polar surface area (TPSA) is 82.5 Å². The molecule has 2 atom stereocenters. The van der Waals surface area contributed by atoms with E-state index < -0.39 is 11.6 Å². The average molecular weight is 278 g/mol. The van der Waals surface area contributed by atoms with Crippen LogP contribution in [-0.4, -0.2) is 33.3 Å². The third-order valence-electron chi connectivity index (χ3n) is 3.85. The maximum absolute atomic E-state index is 10.8. The van der Waals surface area contributed by atoms with E-state index >= 15 is 0 Å². The van der Waals surface area contributed by atoms with Gasteiger partial charge < -0.3 is 15.5 Å². The normalized spacial score (nSPS) is 26.4. The van der Waals surface area contributed by atoms with E-state index in [1.165, 1.54) is 12.5 Å². The Hall–Kier alpha value is -1.46.